The molecule has 5 heteroatoms. The van der Waals surface area contributed by atoms with Gasteiger partial charge >= 0.3 is 7.60 Å². The minimum atomic E-state index is -2.72. The van der Waals surface area contributed by atoms with Gasteiger partial charge in [0.05, 0.1) is 12.5 Å². The maximum atomic E-state index is 11.3. The lowest BCUT2D eigenvalue weighted by Crippen LogP contribution is -2.04. The number of hydrogen-bond donors (Lipinski definition) is 0. The van der Waals surface area contributed by atoms with E-state index in [0.717, 1.165) is 0 Å². The summed E-state index contributed by atoms with van der Waals surface area (Å²) in [5.41, 5.74) is 0.514. The first-order chi connectivity index (χ1) is 4.54. The van der Waals surface area contributed by atoms with Gasteiger partial charge in [0, 0.05) is 14.2 Å². The molecule has 62 valence electrons. The molecule has 0 aliphatic heterocycles. The minimum Gasteiger partial charge on any atom is -0.309 e. The van der Waals surface area contributed by atoms with Gasteiger partial charge in [0.2, 0.25) is 5.49 Å². The summed E-state index contributed by atoms with van der Waals surface area (Å²) in [4.78, 5) is 0. The van der Waals surface area contributed by atoms with Crippen molar-refractivity contribution in [2.45, 2.75) is 0 Å². The second-order valence-corrected chi connectivity index (χ2v) is 7.05. The molecule has 0 fully saturated rings. The van der Waals surface area contributed by atoms with Crippen LogP contribution in [0.4, 0.5) is 0 Å². The van der Waals surface area contributed by atoms with Crippen molar-refractivity contribution >= 4 is 18.5 Å². The van der Waals surface area contributed by atoms with E-state index >= 15 is 0 Å². The Kier molecular flexibility index (Phi) is 4.61. The Balaban J connectivity index is 3.94. The zero-order valence-electron chi connectivity index (χ0n) is 6.79. The molecular formula is C5H14O3PS+. The topological polar surface area (TPSA) is 35.5 Å². The van der Waals surface area contributed by atoms with Crippen molar-refractivity contribution in [3.05, 3.63) is 0 Å². The summed E-state index contributed by atoms with van der Waals surface area (Å²) in [5.74, 6) is 0. The fourth-order valence-electron chi connectivity index (χ4n) is 0.496. The van der Waals surface area contributed by atoms with Gasteiger partial charge in [-0.3, -0.25) is 4.57 Å². The highest BCUT2D eigenvalue weighted by molar-refractivity contribution is 8.01. The van der Waals surface area contributed by atoms with Crippen LogP contribution in [-0.2, 0) is 24.5 Å². The van der Waals surface area contributed by atoms with Gasteiger partial charge in [-0.1, -0.05) is 0 Å². The van der Waals surface area contributed by atoms with E-state index in [1.165, 1.54) is 14.2 Å². The van der Waals surface area contributed by atoms with E-state index < -0.39 is 7.60 Å². The fraction of sp³-hybridized carbons (Fsp3) is 1.00. The summed E-state index contributed by atoms with van der Waals surface area (Å²) in [7, 11) is 0.205. The molecule has 0 spiro atoms. The van der Waals surface area contributed by atoms with Gasteiger partial charge in [-0.2, -0.15) is 0 Å². The van der Waals surface area contributed by atoms with E-state index in [-0.39, 0.29) is 10.9 Å². The van der Waals surface area contributed by atoms with E-state index in [1.54, 1.807) is 0 Å². The number of rotatable bonds is 4. The second kappa shape index (κ2) is 4.39. The molecule has 0 unspecified atom stereocenters. The molecule has 0 aliphatic carbocycles. The first-order valence-corrected chi connectivity index (χ1v) is 6.72. The SMILES string of the molecule is COP(=O)(C[S+](C)C)OC. The van der Waals surface area contributed by atoms with Crippen molar-refractivity contribution in [2.24, 2.45) is 0 Å². The average molecular weight is 185 g/mol. The van der Waals surface area contributed by atoms with Gasteiger partial charge in [0.25, 0.3) is 0 Å². The van der Waals surface area contributed by atoms with Crippen LogP contribution >= 0.6 is 7.60 Å². The summed E-state index contributed by atoms with van der Waals surface area (Å²) in [6.45, 7) is 0. The molecule has 0 heterocycles. The molecule has 0 aliphatic rings. The molecule has 0 radical (unpaired) electrons. The molecule has 0 atom stereocenters. The number of hydrogen-bond acceptors (Lipinski definition) is 3. The predicted molar refractivity (Wildman–Crippen MR) is 45.7 cm³/mol. The zero-order chi connectivity index (χ0) is 8.20. The average Bonchev–Trinajstić information content (AvgIpc) is 1.87. The van der Waals surface area contributed by atoms with Crippen LogP contribution < -0.4 is 0 Å². The highest BCUT2D eigenvalue weighted by atomic mass is 32.2. The summed E-state index contributed by atoms with van der Waals surface area (Å²) in [6, 6.07) is 0. The van der Waals surface area contributed by atoms with Crippen molar-refractivity contribution in [1.29, 1.82) is 0 Å². The molecule has 0 bridgehead atoms. The Morgan fingerprint density at radius 3 is 1.80 bits per heavy atom. The van der Waals surface area contributed by atoms with Crippen LogP contribution in [0.1, 0.15) is 0 Å². The first kappa shape index (κ1) is 10.5. The lowest BCUT2D eigenvalue weighted by molar-refractivity contribution is 0.280. The Bertz CT molecular complexity index is 129. The van der Waals surface area contributed by atoms with Crippen molar-refractivity contribution in [1.82, 2.24) is 0 Å². The monoisotopic (exact) mass is 185 g/mol. The van der Waals surface area contributed by atoms with Gasteiger partial charge < -0.3 is 9.05 Å². The van der Waals surface area contributed by atoms with Gasteiger partial charge in [-0.15, -0.1) is 0 Å². The smallest absolute Gasteiger partial charge is 0.309 e. The van der Waals surface area contributed by atoms with Crippen LogP contribution in [0.2, 0.25) is 0 Å². The molecule has 0 amide bonds. The third-order valence-corrected chi connectivity index (χ3v) is 5.42. The van der Waals surface area contributed by atoms with E-state index in [2.05, 4.69) is 0 Å². The van der Waals surface area contributed by atoms with Gasteiger partial charge in [0.15, 0.2) is 0 Å². The van der Waals surface area contributed by atoms with Crippen LogP contribution in [0.5, 0.6) is 0 Å². The highest BCUT2D eigenvalue weighted by Crippen LogP contribution is 2.47. The molecule has 3 nitrogen and oxygen atoms in total. The van der Waals surface area contributed by atoms with Gasteiger partial charge in [0.1, 0.15) is 0 Å². The lowest BCUT2D eigenvalue weighted by Gasteiger charge is -2.09. The third kappa shape index (κ3) is 3.62. The largest absolute Gasteiger partial charge is 0.378 e. The Morgan fingerprint density at radius 1 is 1.30 bits per heavy atom. The highest BCUT2D eigenvalue weighted by Gasteiger charge is 2.27. The van der Waals surface area contributed by atoms with Crippen molar-refractivity contribution in [2.75, 3.05) is 32.2 Å². The normalized spacial score (nSPS) is 12.5. The lowest BCUT2D eigenvalue weighted by atomic mass is 11.8. The molecular weight excluding hydrogens is 171 g/mol. The minimum absolute atomic E-state index is 0.102. The van der Waals surface area contributed by atoms with Crippen LogP contribution in [0.25, 0.3) is 0 Å². The Morgan fingerprint density at radius 2 is 1.70 bits per heavy atom. The molecule has 10 heavy (non-hydrogen) atoms. The van der Waals surface area contributed by atoms with Crippen molar-refractivity contribution in [3.8, 4) is 0 Å². The fourth-order valence-corrected chi connectivity index (χ4v) is 4.02. The summed E-state index contributed by atoms with van der Waals surface area (Å²) < 4.78 is 20.8. The first-order valence-electron chi connectivity index (χ1n) is 2.79. The zero-order valence-corrected chi connectivity index (χ0v) is 8.50. The molecule has 0 aromatic carbocycles. The molecule has 0 rings (SSSR count). The van der Waals surface area contributed by atoms with Gasteiger partial charge in [-0.25, -0.2) is 0 Å². The summed E-state index contributed by atoms with van der Waals surface area (Å²) >= 11 is 0. The summed E-state index contributed by atoms with van der Waals surface area (Å²) in [6.07, 6.45) is 4.01. The van der Waals surface area contributed by atoms with Crippen molar-refractivity contribution < 1.29 is 13.6 Å². The van der Waals surface area contributed by atoms with Crippen LogP contribution in [0, 0.1) is 0 Å². The molecule has 0 saturated heterocycles. The van der Waals surface area contributed by atoms with Crippen LogP contribution in [-0.4, -0.2) is 32.2 Å². The standard InChI is InChI=1S/C5H14O3PS/c1-7-9(6,8-2)5-10(3)4/h5H2,1-4H3/q+1. The molecule has 0 aromatic rings. The predicted octanol–water partition coefficient (Wildman–Crippen LogP) is 1.31. The van der Waals surface area contributed by atoms with Crippen molar-refractivity contribution in [3.63, 3.8) is 0 Å². The maximum absolute atomic E-state index is 11.3. The van der Waals surface area contributed by atoms with E-state index in [0.29, 0.717) is 5.49 Å². The maximum Gasteiger partial charge on any atom is 0.378 e. The Labute approximate surface area is 65.0 Å². The van der Waals surface area contributed by atoms with E-state index in [9.17, 15) is 4.57 Å². The van der Waals surface area contributed by atoms with E-state index in [4.69, 9.17) is 9.05 Å². The van der Waals surface area contributed by atoms with Crippen LogP contribution in [0.3, 0.4) is 0 Å². The molecule has 0 aromatic heterocycles. The van der Waals surface area contributed by atoms with Gasteiger partial charge in [-0.05, 0) is 10.9 Å². The Hall–Kier alpha value is 0.500. The van der Waals surface area contributed by atoms with Crippen LogP contribution in [0.15, 0.2) is 0 Å². The second-order valence-electron chi connectivity index (χ2n) is 2.09. The molecule has 0 N–H and O–H groups in total. The summed E-state index contributed by atoms with van der Waals surface area (Å²) in [5, 5.41) is 0. The third-order valence-electron chi connectivity index (χ3n) is 0.973. The van der Waals surface area contributed by atoms with E-state index in [1.807, 2.05) is 12.5 Å². The molecule has 0 saturated carbocycles. The quantitative estimate of drug-likeness (QED) is 0.489.